The molecule has 1 saturated heterocycles. The van der Waals surface area contributed by atoms with Crippen LogP contribution >= 0.6 is 7.82 Å². The summed E-state index contributed by atoms with van der Waals surface area (Å²) in [5.41, 5.74) is 7.03. The molecule has 12 heteroatoms. The van der Waals surface area contributed by atoms with Crippen LogP contribution < -0.4 is 5.73 Å². The van der Waals surface area contributed by atoms with Crippen LogP contribution in [0.1, 0.15) is 18.3 Å². The second-order valence-corrected chi connectivity index (χ2v) is 6.45. The number of fused-ring (bicyclic) bond motifs is 1. The van der Waals surface area contributed by atoms with E-state index in [1.54, 1.807) is 4.57 Å². The summed E-state index contributed by atoms with van der Waals surface area (Å²) in [5.74, 6) is 0.0408. The zero-order chi connectivity index (χ0) is 17.5. The first kappa shape index (κ1) is 17.0. The zero-order valence-electron chi connectivity index (χ0n) is 12.4. The fraction of sp³-hybridized carbons (Fsp3) is 0.417. The Morgan fingerprint density at radius 3 is 2.96 bits per heavy atom. The normalized spacial score (nSPS) is 24.5. The highest BCUT2D eigenvalue weighted by atomic mass is 31.2. The van der Waals surface area contributed by atoms with Crippen LogP contribution in [0.25, 0.3) is 17.2 Å². The van der Waals surface area contributed by atoms with Crippen LogP contribution in [0.3, 0.4) is 0 Å². The second-order valence-electron chi connectivity index (χ2n) is 5.21. The molecular weight excluding hydrogens is 341 g/mol. The van der Waals surface area contributed by atoms with E-state index in [0.29, 0.717) is 16.9 Å². The van der Waals surface area contributed by atoms with Gasteiger partial charge in [-0.2, -0.15) is 4.98 Å². The number of anilines is 1. The number of hydrogen-bond donors (Lipinski definition) is 4. The van der Waals surface area contributed by atoms with Gasteiger partial charge in [-0.15, -0.1) is 0 Å². The van der Waals surface area contributed by atoms with Crippen molar-refractivity contribution in [3.8, 4) is 0 Å². The van der Waals surface area contributed by atoms with E-state index in [-0.39, 0.29) is 12.4 Å². The number of imidazole rings is 1. The van der Waals surface area contributed by atoms with Crippen LogP contribution in [0, 0.1) is 0 Å². The molecule has 1 fully saturated rings. The minimum Gasteiger partial charge on any atom is -0.390 e. The Hall–Kier alpha value is -1.88. The molecule has 5 N–H and O–H groups in total. The van der Waals surface area contributed by atoms with Gasteiger partial charge in [-0.1, -0.05) is 6.58 Å². The predicted octanol–water partition coefficient (Wildman–Crippen LogP) is -0.191. The number of nitrogens with two attached hydrogens (primary N) is 1. The minimum absolute atomic E-state index is 0.0408. The first-order chi connectivity index (χ1) is 11.3. The summed E-state index contributed by atoms with van der Waals surface area (Å²) in [6.45, 7) is 3.20. The number of rotatable bonds is 5. The van der Waals surface area contributed by atoms with Crippen molar-refractivity contribution < 1.29 is 28.7 Å². The van der Waals surface area contributed by atoms with Crippen molar-refractivity contribution >= 4 is 31.0 Å². The molecule has 0 radical (unpaired) electrons. The van der Waals surface area contributed by atoms with E-state index >= 15 is 0 Å². The first-order valence-electron chi connectivity index (χ1n) is 6.94. The van der Waals surface area contributed by atoms with E-state index in [2.05, 4.69) is 26.1 Å². The number of aromatic nitrogens is 4. The van der Waals surface area contributed by atoms with Crippen molar-refractivity contribution in [3.63, 3.8) is 0 Å². The average molecular weight is 357 g/mol. The van der Waals surface area contributed by atoms with Gasteiger partial charge in [0.05, 0.1) is 24.7 Å². The van der Waals surface area contributed by atoms with Gasteiger partial charge in [-0.05, 0) is 6.08 Å². The molecule has 0 aliphatic carbocycles. The summed E-state index contributed by atoms with van der Waals surface area (Å²) >= 11 is 0. The van der Waals surface area contributed by atoms with Crippen LogP contribution in [0.15, 0.2) is 12.9 Å². The summed E-state index contributed by atoms with van der Waals surface area (Å²) in [4.78, 5) is 29.8. The standard InChI is InChI=1S/C12H16N5O6P/c1-2-6-10-11(16-12(13)15-6)17(5-14-10)9-3-7(18)8(23-9)4-22-24(19,20)21/h2,5,7-9,18H,1,3-4H2,(H2,13,15,16)(H2,19,20,21)/t7-,8+,9+/m0/s1. The van der Waals surface area contributed by atoms with Gasteiger partial charge in [0.2, 0.25) is 5.95 Å². The fourth-order valence-electron chi connectivity index (χ4n) is 2.52. The van der Waals surface area contributed by atoms with Gasteiger partial charge in [-0.25, -0.2) is 14.5 Å². The lowest BCUT2D eigenvalue weighted by atomic mass is 10.2. The van der Waals surface area contributed by atoms with Crippen LogP contribution in [-0.2, 0) is 13.8 Å². The SMILES string of the molecule is C=Cc1nc(N)nc2c1ncn2[C@H]1C[C@H](O)[C@@H](COP(=O)(O)O)O1. The Labute approximate surface area is 136 Å². The summed E-state index contributed by atoms with van der Waals surface area (Å²) in [7, 11) is -4.64. The van der Waals surface area contributed by atoms with Crippen LogP contribution in [0.5, 0.6) is 0 Å². The molecule has 0 aromatic carbocycles. The third-order valence-corrected chi connectivity index (χ3v) is 4.07. The van der Waals surface area contributed by atoms with Crippen LogP contribution in [-0.4, -0.2) is 53.2 Å². The molecule has 130 valence electrons. The number of nitrogens with zero attached hydrogens (tertiary/aromatic N) is 4. The molecule has 24 heavy (non-hydrogen) atoms. The monoisotopic (exact) mass is 357 g/mol. The third-order valence-electron chi connectivity index (χ3n) is 3.58. The quantitative estimate of drug-likeness (QED) is 0.527. The Morgan fingerprint density at radius 2 is 2.29 bits per heavy atom. The maximum Gasteiger partial charge on any atom is 0.469 e. The molecule has 3 rings (SSSR count). The molecule has 0 spiro atoms. The molecule has 3 heterocycles. The number of nitrogen functional groups attached to an aromatic ring is 1. The summed E-state index contributed by atoms with van der Waals surface area (Å²) < 4.78 is 22.3. The van der Waals surface area contributed by atoms with Crippen LogP contribution in [0.4, 0.5) is 5.95 Å². The molecule has 0 amide bonds. The smallest absolute Gasteiger partial charge is 0.390 e. The topological polar surface area (TPSA) is 166 Å². The van der Waals surface area contributed by atoms with E-state index < -0.39 is 32.9 Å². The summed E-state index contributed by atoms with van der Waals surface area (Å²) in [6.07, 6.45) is 0.653. The van der Waals surface area contributed by atoms with Gasteiger partial charge in [0.25, 0.3) is 0 Å². The number of aliphatic hydroxyl groups excluding tert-OH is 1. The van der Waals surface area contributed by atoms with Crippen molar-refractivity contribution in [2.24, 2.45) is 0 Å². The largest absolute Gasteiger partial charge is 0.469 e. The summed E-state index contributed by atoms with van der Waals surface area (Å²) in [5, 5.41) is 10.0. The highest BCUT2D eigenvalue weighted by Crippen LogP contribution is 2.38. The maximum atomic E-state index is 10.8. The molecule has 1 aliphatic heterocycles. The van der Waals surface area contributed by atoms with Crippen molar-refractivity contribution in [3.05, 3.63) is 18.6 Å². The average Bonchev–Trinajstić information content (AvgIpc) is 3.06. The van der Waals surface area contributed by atoms with E-state index in [0.717, 1.165) is 0 Å². The number of aliphatic hydroxyl groups is 1. The molecule has 3 atom stereocenters. The lowest BCUT2D eigenvalue weighted by Crippen LogP contribution is -2.25. The number of phosphoric ester groups is 1. The number of phosphoric acid groups is 1. The van der Waals surface area contributed by atoms with Crippen molar-refractivity contribution in [1.29, 1.82) is 0 Å². The Morgan fingerprint density at radius 1 is 1.54 bits per heavy atom. The molecule has 11 nitrogen and oxygen atoms in total. The Balaban J connectivity index is 1.85. The van der Waals surface area contributed by atoms with Crippen molar-refractivity contribution in [2.75, 3.05) is 12.3 Å². The number of ether oxygens (including phenoxy) is 1. The third kappa shape index (κ3) is 3.31. The molecule has 2 aromatic heterocycles. The fourth-order valence-corrected chi connectivity index (χ4v) is 2.86. The van der Waals surface area contributed by atoms with Crippen LogP contribution in [0.2, 0.25) is 0 Å². The Kier molecular flexibility index (Phi) is 4.38. The molecule has 2 aromatic rings. The lowest BCUT2D eigenvalue weighted by Gasteiger charge is -2.16. The highest BCUT2D eigenvalue weighted by molar-refractivity contribution is 7.46. The summed E-state index contributed by atoms with van der Waals surface area (Å²) in [6, 6.07) is 0. The van der Waals surface area contributed by atoms with Gasteiger partial charge in [0.1, 0.15) is 17.8 Å². The zero-order valence-corrected chi connectivity index (χ0v) is 13.3. The van der Waals surface area contributed by atoms with Gasteiger partial charge >= 0.3 is 7.82 Å². The van der Waals surface area contributed by atoms with Gasteiger partial charge < -0.3 is 25.4 Å². The number of hydrogen-bond acceptors (Lipinski definition) is 8. The van der Waals surface area contributed by atoms with E-state index in [4.69, 9.17) is 20.3 Å². The Bertz CT molecular complexity index is 820. The lowest BCUT2D eigenvalue weighted by molar-refractivity contribution is -0.0424. The van der Waals surface area contributed by atoms with Gasteiger partial charge in [0, 0.05) is 6.42 Å². The maximum absolute atomic E-state index is 10.8. The molecular formula is C12H16N5O6P. The second kappa shape index (κ2) is 6.20. The molecule has 1 aliphatic rings. The van der Waals surface area contributed by atoms with Gasteiger partial charge in [0.15, 0.2) is 5.65 Å². The minimum atomic E-state index is -4.64. The highest BCUT2D eigenvalue weighted by Gasteiger charge is 2.37. The van der Waals surface area contributed by atoms with Crippen molar-refractivity contribution in [1.82, 2.24) is 19.5 Å². The first-order valence-corrected chi connectivity index (χ1v) is 8.47. The van der Waals surface area contributed by atoms with Crippen molar-refractivity contribution in [2.45, 2.75) is 24.9 Å². The van der Waals surface area contributed by atoms with E-state index in [9.17, 15) is 9.67 Å². The van der Waals surface area contributed by atoms with E-state index in [1.165, 1.54) is 12.4 Å². The van der Waals surface area contributed by atoms with E-state index in [1.807, 2.05) is 0 Å². The molecule has 0 bridgehead atoms. The molecule has 0 unspecified atom stereocenters. The van der Waals surface area contributed by atoms with Gasteiger partial charge in [-0.3, -0.25) is 9.09 Å². The molecule has 0 saturated carbocycles. The predicted molar refractivity (Wildman–Crippen MR) is 82.4 cm³/mol.